The predicted octanol–water partition coefficient (Wildman–Crippen LogP) is 2.04. The third-order valence-electron chi connectivity index (χ3n) is 1.24. The number of nitrogens with one attached hydrogen (secondary N) is 1. The van der Waals surface area contributed by atoms with E-state index < -0.39 is 5.97 Å². The van der Waals surface area contributed by atoms with E-state index in [1.54, 1.807) is 18.2 Å². The summed E-state index contributed by atoms with van der Waals surface area (Å²) in [6.07, 6.45) is 1.53. The Morgan fingerprint density at radius 1 is 1.55 bits per heavy atom. The first-order valence-corrected chi connectivity index (χ1v) is 3.06. The van der Waals surface area contributed by atoms with E-state index in [1.807, 2.05) is 0 Å². The Kier molecular flexibility index (Phi) is 2.11. The molecule has 0 unspecified atom stereocenters. The molecular weight excluding hydrogens is 143 g/mol. The van der Waals surface area contributed by atoms with Crippen LogP contribution in [0.2, 0.25) is 0 Å². The van der Waals surface area contributed by atoms with Crippen molar-refractivity contribution in [3.63, 3.8) is 0 Å². The zero-order chi connectivity index (χ0) is 8.27. The van der Waals surface area contributed by atoms with Gasteiger partial charge in [-0.2, -0.15) is 4.39 Å². The van der Waals surface area contributed by atoms with Crippen molar-refractivity contribution < 1.29 is 4.39 Å². The number of rotatable bonds is 2. The van der Waals surface area contributed by atoms with Crippen molar-refractivity contribution in [1.29, 1.82) is 5.41 Å². The minimum Gasteiger partial charge on any atom is -0.274 e. The SMILES string of the molecule is C=C(C(=N)F)c1ccccn1. The third-order valence-corrected chi connectivity index (χ3v) is 1.24. The molecule has 0 spiro atoms. The van der Waals surface area contributed by atoms with Gasteiger partial charge in [-0.25, -0.2) is 0 Å². The molecule has 0 radical (unpaired) electrons. The second-order valence-corrected chi connectivity index (χ2v) is 2.01. The summed E-state index contributed by atoms with van der Waals surface area (Å²) in [6.45, 7) is 3.36. The van der Waals surface area contributed by atoms with E-state index in [-0.39, 0.29) is 5.57 Å². The molecule has 3 heteroatoms. The minimum absolute atomic E-state index is 0.0191. The van der Waals surface area contributed by atoms with Gasteiger partial charge in [-0.3, -0.25) is 10.4 Å². The van der Waals surface area contributed by atoms with Crippen LogP contribution in [0.5, 0.6) is 0 Å². The monoisotopic (exact) mass is 150 g/mol. The topological polar surface area (TPSA) is 36.7 Å². The second kappa shape index (κ2) is 3.05. The van der Waals surface area contributed by atoms with Gasteiger partial charge in [0.2, 0.25) is 5.97 Å². The van der Waals surface area contributed by atoms with Crippen LogP contribution in [0.25, 0.3) is 5.57 Å². The Hall–Kier alpha value is -1.51. The second-order valence-electron chi connectivity index (χ2n) is 2.01. The van der Waals surface area contributed by atoms with Crippen LogP contribution >= 0.6 is 0 Å². The first-order chi connectivity index (χ1) is 5.22. The van der Waals surface area contributed by atoms with Gasteiger partial charge in [-0.05, 0) is 12.1 Å². The zero-order valence-electron chi connectivity index (χ0n) is 5.84. The fourth-order valence-electron chi connectivity index (χ4n) is 0.654. The van der Waals surface area contributed by atoms with Crippen LogP contribution in [-0.4, -0.2) is 10.9 Å². The van der Waals surface area contributed by atoms with Gasteiger partial charge in [-0.15, -0.1) is 0 Å². The highest BCUT2D eigenvalue weighted by molar-refractivity contribution is 6.15. The maximum atomic E-state index is 12.2. The Morgan fingerprint density at radius 2 is 2.27 bits per heavy atom. The molecule has 1 N–H and O–H groups in total. The Labute approximate surface area is 63.9 Å². The lowest BCUT2D eigenvalue weighted by Gasteiger charge is -1.97. The first kappa shape index (κ1) is 7.60. The van der Waals surface area contributed by atoms with Gasteiger partial charge in [0.15, 0.2) is 0 Å². The lowest BCUT2D eigenvalue weighted by atomic mass is 10.2. The van der Waals surface area contributed by atoms with Gasteiger partial charge in [0.25, 0.3) is 0 Å². The van der Waals surface area contributed by atoms with Crippen molar-refractivity contribution in [2.75, 3.05) is 0 Å². The summed E-state index contributed by atoms with van der Waals surface area (Å²) < 4.78 is 12.2. The molecule has 0 aromatic carbocycles. The van der Waals surface area contributed by atoms with E-state index in [2.05, 4.69) is 11.6 Å². The Morgan fingerprint density at radius 3 is 2.73 bits per heavy atom. The summed E-state index contributed by atoms with van der Waals surface area (Å²) in [6, 6.07) is 5.05. The molecule has 0 bridgehead atoms. The highest BCUT2D eigenvalue weighted by atomic mass is 19.1. The highest BCUT2D eigenvalue weighted by Crippen LogP contribution is 2.09. The molecule has 0 fully saturated rings. The van der Waals surface area contributed by atoms with E-state index >= 15 is 0 Å². The van der Waals surface area contributed by atoms with Gasteiger partial charge in [0.05, 0.1) is 5.69 Å². The third kappa shape index (κ3) is 1.70. The van der Waals surface area contributed by atoms with Crippen molar-refractivity contribution in [1.82, 2.24) is 4.98 Å². The highest BCUT2D eigenvalue weighted by Gasteiger charge is 2.03. The molecule has 0 aliphatic rings. The number of hydrogen-bond donors (Lipinski definition) is 1. The standard InChI is InChI=1S/C8H7FN2/c1-6(8(9)10)7-4-2-3-5-11-7/h2-5,10H,1H2. The average Bonchev–Trinajstić information content (AvgIpc) is 2.05. The maximum absolute atomic E-state index is 12.2. The molecule has 0 saturated carbocycles. The van der Waals surface area contributed by atoms with Gasteiger partial charge < -0.3 is 0 Å². The molecule has 11 heavy (non-hydrogen) atoms. The lowest BCUT2D eigenvalue weighted by Crippen LogP contribution is -1.93. The van der Waals surface area contributed by atoms with Crippen molar-refractivity contribution >= 4 is 11.5 Å². The van der Waals surface area contributed by atoms with Crippen molar-refractivity contribution in [3.8, 4) is 0 Å². The van der Waals surface area contributed by atoms with E-state index in [1.165, 1.54) is 6.20 Å². The van der Waals surface area contributed by atoms with Crippen molar-refractivity contribution in [2.24, 2.45) is 0 Å². The largest absolute Gasteiger partial charge is 0.274 e. The quantitative estimate of drug-likeness (QED) is 0.643. The average molecular weight is 150 g/mol. The molecule has 0 atom stereocenters. The molecule has 0 aliphatic carbocycles. The van der Waals surface area contributed by atoms with Crippen LogP contribution in [-0.2, 0) is 0 Å². The summed E-state index contributed by atoms with van der Waals surface area (Å²) in [5.41, 5.74) is 0.422. The number of hydrogen-bond acceptors (Lipinski definition) is 2. The van der Waals surface area contributed by atoms with Crippen LogP contribution in [0.3, 0.4) is 0 Å². The van der Waals surface area contributed by atoms with Crippen molar-refractivity contribution in [2.45, 2.75) is 0 Å². The molecule has 0 aliphatic heterocycles. The molecule has 1 aromatic heterocycles. The first-order valence-electron chi connectivity index (χ1n) is 3.06. The zero-order valence-corrected chi connectivity index (χ0v) is 5.84. The smallest absolute Gasteiger partial charge is 0.214 e. The van der Waals surface area contributed by atoms with Crippen LogP contribution in [0, 0.1) is 5.41 Å². The van der Waals surface area contributed by atoms with E-state index in [0.29, 0.717) is 5.69 Å². The van der Waals surface area contributed by atoms with E-state index in [0.717, 1.165) is 0 Å². The number of allylic oxidation sites excluding steroid dienone is 1. The summed E-state index contributed by atoms with van der Waals surface area (Å²) in [4.78, 5) is 3.82. The molecule has 2 nitrogen and oxygen atoms in total. The molecule has 0 amide bonds. The summed E-state index contributed by atoms with van der Waals surface area (Å²) in [7, 11) is 0. The molecule has 1 aromatic rings. The van der Waals surface area contributed by atoms with Crippen LogP contribution in [0.1, 0.15) is 5.69 Å². The lowest BCUT2D eigenvalue weighted by molar-refractivity contribution is 0.807. The number of nitrogens with zero attached hydrogens (tertiary/aromatic N) is 1. The van der Waals surface area contributed by atoms with E-state index in [4.69, 9.17) is 5.41 Å². The molecular formula is C8H7FN2. The fourth-order valence-corrected chi connectivity index (χ4v) is 0.654. The summed E-state index contributed by atoms with van der Waals surface area (Å²) in [5, 5.41) is 6.63. The van der Waals surface area contributed by atoms with Crippen LogP contribution < -0.4 is 0 Å². The van der Waals surface area contributed by atoms with Crippen molar-refractivity contribution in [3.05, 3.63) is 36.7 Å². The van der Waals surface area contributed by atoms with Gasteiger partial charge in [-0.1, -0.05) is 12.6 Å². The van der Waals surface area contributed by atoms with Gasteiger partial charge in [0, 0.05) is 11.8 Å². The van der Waals surface area contributed by atoms with Gasteiger partial charge >= 0.3 is 0 Å². The molecule has 1 heterocycles. The number of pyridine rings is 1. The fraction of sp³-hybridized carbons (Fsp3) is 0. The maximum Gasteiger partial charge on any atom is 0.214 e. The minimum atomic E-state index is -1.04. The summed E-state index contributed by atoms with van der Waals surface area (Å²) in [5.74, 6) is -1.04. The normalized spacial score (nSPS) is 9.18. The summed E-state index contributed by atoms with van der Waals surface area (Å²) >= 11 is 0. The Bertz CT molecular complexity index is 279. The van der Waals surface area contributed by atoms with E-state index in [9.17, 15) is 4.39 Å². The Balaban J connectivity index is 2.95. The van der Waals surface area contributed by atoms with Gasteiger partial charge in [0.1, 0.15) is 0 Å². The number of halogens is 1. The molecule has 1 rings (SSSR count). The number of aromatic nitrogens is 1. The predicted molar refractivity (Wildman–Crippen MR) is 42.1 cm³/mol. The van der Waals surface area contributed by atoms with Crippen LogP contribution in [0.15, 0.2) is 31.0 Å². The van der Waals surface area contributed by atoms with Crippen LogP contribution in [0.4, 0.5) is 4.39 Å². The molecule has 0 saturated heterocycles. The molecule has 56 valence electrons.